The Morgan fingerprint density at radius 1 is 1.05 bits per heavy atom. The number of carbonyl (C=O) groups excluding carboxylic acids is 3. The van der Waals surface area contributed by atoms with E-state index in [2.05, 4.69) is 34.8 Å². The first-order chi connectivity index (χ1) is 16.6. The second-order valence-corrected chi connectivity index (χ2v) is 10.3. The van der Waals surface area contributed by atoms with Crippen LogP contribution in [0.2, 0.25) is 0 Å². The average molecular weight is 861 g/mol. The van der Waals surface area contributed by atoms with E-state index in [-0.39, 0.29) is 85.4 Å². The van der Waals surface area contributed by atoms with Gasteiger partial charge in [0.1, 0.15) is 5.78 Å². The summed E-state index contributed by atoms with van der Waals surface area (Å²) in [6.45, 7) is 3.53. The van der Waals surface area contributed by atoms with Gasteiger partial charge in [0.25, 0.3) is 0 Å². The minimum absolute atomic E-state index is 0. The fourth-order valence-corrected chi connectivity index (χ4v) is 4.90. The van der Waals surface area contributed by atoms with E-state index in [1.807, 2.05) is 48.5 Å². The minimum Gasteiger partial charge on any atom is -0.668 e. The molecule has 3 atom stereocenters. The number of benzene rings is 2. The summed E-state index contributed by atoms with van der Waals surface area (Å²) in [6, 6.07) is 13.5. The number of rotatable bonds is 12. The van der Waals surface area contributed by atoms with Crippen molar-refractivity contribution in [3.8, 4) is 0 Å². The van der Waals surface area contributed by atoms with Crippen LogP contribution in [0.5, 0.6) is 0 Å². The molecule has 0 unspecified atom stereocenters. The molecule has 0 aliphatic heterocycles. The second kappa shape index (κ2) is 16.2. The molecule has 2 aromatic carbocycles. The molecule has 0 saturated carbocycles. The first-order valence-corrected chi connectivity index (χ1v) is 12.6. The zero-order chi connectivity index (χ0) is 25.5. The van der Waals surface area contributed by atoms with Crippen LogP contribution < -0.4 is 5.32 Å². The maximum absolute atomic E-state index is 13.2. The van der Waals surface area contributed by atoms with Crippen molar-refractivity contribution in [2.24, 2.45) is 11.8 Å². The number of amides is 1. The van der Waals surface area contributed by atoms with Gasteiger partial charge in [-0.3, -0.25) is 9.59 Å². The van der Waals surface area contributed by atoms with Crippen LogP contribution >= 0.6 is 22.6 Å². The molecule has 0 heterocycles. The van der Waals surface area contributed by atoms with Crippen LogP contribution in [0.4, 0.5) is 0 Å². The van der Waals surface area contributed by atoms with Gasteiger partial charge in [0.2, 0.25) is 5.91 Å². The average Bonchev–Trinajstić information content (AvgIpc) is 3.24. The number of carboxylic acids is 1. The van der Waals surface area contributed by atoms with Crippen LogP contribution in [0.3, 0.4) is 0 Å². The Morgan fingerprint density at radius 3 is 2.14 bits per heavy atom. The quantitative estimate of drug-likeness (QED) is 0.247. The van der Waals surface area contributed by atoms with Gasteiger partial charge in [-0.1, -0.05) is 42.4 Å². The van der Waals surface area contributed by atoms with Crippen LogP contribution in [0.15, 0.2) is 48.5 Å². The number of aliphatic carboxylic acids is 1. The number of nitrogens with one attached hydrogen (secondary N) is 2. The third-order valence-electron chi connectivity index (χ3n) is 6.47. The van der Waals surface area contributed by atoms with Gasteiger partial charge in [-0.15, -0.1) is 0 Å². The fraction of sp³-hybridized carbons (Fsp3) is 0.370. The van der Waals surface area contributed by atoms with Gasteiger partial charge in [-0.05, 0) is 83.0 Å². The van der Waals surface area contributed by atoms with Crippen molar-refractivity contribution in [3.05, 3.63) is 81.4 Å². The number of hydrogen-bond acceptors (Lipinski definition) is 4. The Hall–Kier alpha value is -0.928. The Labute approximate surface area is 270 Å². The predicted molar refractivity (Wildman–Crippen MR) is 141 cm³/mol. The Bertz CT molecular complexity index is 1070. The van der Waals surface area contributed by atoms with Crippen molar-refractivity contribution in [1.82, 2.24) is 5.32 Å². The van der Waals surface area contributed by atoms with E-state index in [4.69, 9.17) is 10.8 Å². The third-order valence-corrected chi connectivity index (χ3v) is 7.18. The second-order valence-electron chi connectivity index (χ2n) is 9.07. The van der Waals surface area contributed by atoms with Crippen molar-refractivity contribution >= 4 is 46.0 Å². The normalized spacial score (nSPS) is 14.8. The predicted octanol–water partition coefficient (Wildman–Crippen LogP) is 3.99. The van der Waals surface area contributed by atoms with E-state index in [0.717, 1.165) is 20.3 Å². The van der Waals surface area contributed by atoms with Crippen molar-refractivity contribution in [3.63, 3.8) is 0 Å². The Morgan fingerprint density at radius 2 is 1.62 bits per heavy atom. The molecule has 3 rings (SSSR count). The van der Waals surface area contributed by atoms with Crippen molar-refractivity contribution in [2.45, 2.75) is 50.6 Å². The third kappa shape index (κ3) is 10.3. The summed E-state index contributed by atoms with van der Waals surface area (Å²) < 4.78 is 1.05. The standard InChI is InChI=1S/C27H29IN2O5.W.Y/c1-16(31)26(21-13-18-4-2-3-5-19(18)14-21)30-27(35)20(8-11-25(33)34)15-24(32)23(29)12-17-6-9-22(28)10-7-17;;/h2-7,9-10,20-21,23,26,29H,1,8,11-15H2,(H,30,35)(H,33,34);;/q-2;;/t20-,23+,26-;;/m1../s1. The molecule has 1 aliphatic rings. The van der Waals surface area contributed by atoms with Gasteiger partial charge in [-0.2, -0.15) is 0 Å². The summed E-state index contributed by atoms with van der Waals surface area (Å²) in [5.74, 6) is -3.56. The van der Waals surface area contributed by atoms with Gasteiger partial charge < -0.3 is 32.7 Å². The number of fused-ring (bicyclic) bond motifs is 1. The largest absolute Gasteiger partial charge is 0.668 e. The van der Waals surface area contributed by atoms with Gasteiger partial charge in [0.05, 0.1) is 6.04 Å². The summed E-state index contributed by atoms with van der Waals surface area (Å²) in [5, 5.41) is 11.9. The smallest absolute Gasteiger partial charge is 0.303 e. The number of Topliss-reactive ketones (excluding diaryl/α,β-unsaturated/α-hetero) is 2. The number of ketones is 2. The zero-order valence-electron chi connectivity index (χ0n) is 20.3. The molecule has 37 heavy (non-hydrogen) atoms. The van der Waals surface area contributed by atoms with E-state index in [0.29, 0.717) is 12.8 Å². The van der Waals surface area contributed by atoms with E-state index in [9.17, 15) is 19.2 Å². The molecule has 0 aromatic heterocycles. The topological polar surface area (TPSA) is 124 Å². The summed E-state index contributed by atoms with van der Waals surface area (Å²) >= 11 is 2.17. The summed E-state index contributed by atoms with van der Waals surface area (Å²) in [6.07, 6.45) is 0.886. The maximum atomic E-state index is 13.2. The van der Waals surface area contributed by atoms with Crippen molar-refractivity contribution < 1.29 is 78.1 Å². The minimum atomic E-state index is -1.08. The Balaban J connectivity index is 0.00000342. The molecular weight excluding hydrogens is 832 g/mol. The van der Waals surface area contributed by atoms with E-state index < -0.39 is 41.4 Å². The first-order valence-electron chi connectivity index (χ1n) is 11.6. The molecule has 1 radical (unpaired) electrons. The van der Waals surface area contributed by atoms with Crippen LogP contribution in [0.25, 0.3) is 5.73 Å². The van der Waals surface area contributed by atoms with Crippen LogP contribution in [0, 0.1) is 22.3 Å². The van der Waals surface area contributed by atoms with E-state index in [1.54, 1.807) is 0 Å². The van der Waals surface area contributed by atoms with E-state index >= 15 is 0 Å². The summed E-state index contributed by atoms with van der Waals surface area (Å²) in [7, 11) is 0. The molecule has 1 amide bonds. The molecular formula is C27H29IN2O5WY-2. The van der Waals surface area contributed by atoms with Crippen LogP contribution in [0.1, 0.15) is 36.0 Å². The molecule has 0 spiro atoms. The molecule has 195 valence electrons. The van der Waals surface area contributed by atoms with E-state index in [1.165, 1.54) is 0 Å². The molecule has 1 aliphatic carbocycles. The first kappa shape index (κ1) is 34.1. The zero-order valence-corrected chi connectivity index (χ0v) is 28.3. The Kier molecular flexibility index (Phi) is 15.0. The molecule has 0 fully saturated rings. The molecule has 7 nitrogen and oxygen atoms in total. The fourth-order valence-electron chi connectivity index (χ4n) is 4.54. The number of carbonyl (C=O) groups is 4. The number of hydrogen-bond donors (Lipinski definition) is 2. The molecule has 0 bridgehead atoms. The summed E-state index contributed by atoms with van der Waals surface area (Å²) in [4.78, 5) is 49.5. The van der Waals surface area contributed by atoms with Crippen LogP contribution in [-0.4, -0.2) is 40.6 Å². The van der Waals surface area contributed by atoms with Crippen molar-refractivity contribution in [1.29, 1.82) is 0 Å². The SMILES string of the molecule is [CH2-]C(=O)[C@@H](NC(=O)[C@H](CCC(=O)O)CC(=O)[C@@H]([NH-])Cc1ccc(I)cc1)C1Cc2ccccc2C1.[W].[Y]. The maximum Gasteiger partial charge on any atom is 0.303 e. The monoisotopic (exact) mass is 861 g/mol. The van der Waals surface area contributed by atoms with Gasteiger partial charge >= 0.3 is 5.97 Å². The molecule has 0 saturated heterocycles. The van der Waals surface area contributed by atoms with Gasteiger partial charge in [0.15, 0.2) is 0 Å². The van der Waals surface area contributed by atoms with Gasteiger partial charge in [0, 0.05) is 81.9 Å². The summed E-state index contributed by atoms with van der Waals surface area (Å²) in [5.41, 5.74) is 11.4. The number of halogens is 1. The molecule has 10 heteroatoms. The number of carboxylic acid groups (broad SMARTS) is 1. The molecule has 3 N–H and O–H groups in total. The molecule has 2 aromatic rings. The van der Waals surface area contributed by atoms with Gasteiger partial charge in [-0.25, -0.2) is 0 Å². The van der Waals surface area contributed by atoms with Crippen molar-refractivity contribution in [2.75, 3.05) is 0 Å². The van der Waals surface area contributed by atoms with Crippen LogP contribution in [-0.2, 0) is 92.2 Å².